The van der Waals surface area contributed by atoms with Gasteiger partial charge in [-0.2, -0.15) is 0 Å². The molecule has 2 atom stereocenters. The van der Waals surface area contributed by atoms with Crippen molar-refractivity contribution in [2.24, 2.45) is 11.8 Å². The third-order valence-corrected chi connectivity index (χ3v) is 3.43. The fourth-order valence-corrected chi connectivity index (χ4v) is 2.48. The number of aromatic hydroxyl groups is 2. The lowest BCUT2D eigenvalue weighted by molar-refractivity contribution is 0.00804. The predicted molar refractivity (Wildman–Crippen MR) is 55.4 cm³/mol. The van der Waals surface area contributed by atoms with Gasteiger partial charge in [0.1, 0.15) is 6.10 Å². The Labute approximate surface area is 97.3 Å². The summed E-state index contributed by atoms with van der Waals surface area (Å²) in [6.07, 6.45) is 2.03. The smallest absolute Gasteiger partial charge is 0.492 e. The van der Waals surface area contributed by atoms with E-state index in [1.807, 2.05) is 0 Å². The lowest BCUT2D eigenvalue weighted by Crippen LogP contribution is -2.25. The second-order valence-electron chi connectivity index (χ2n) is 4.65. The van der Waals surface area contributed by atoms with Gasteiger partial charge in [0.15, 0.2) is 0 Å². The van der Waals surface area contributed by atoms with Crippen molar-refractivity contribution >= 4 is 6.16 Å². The zero-order valence-corrected chi connectivity index (χ0v) is 9.07. The SMILES string of the molecule is O=C(OC1CC2CC2C1)On1c(O)ccc1O. The van der Waals surface area contributed by atoms with Crippen LogP contribution in [0.4, 0.5) is 4.79 Å². The minimum Gasteiger partial charge on any atom is -0.492 e. The predicted octanol–water partition coefficient (Wildman–Crippen LogP) is 1.26. The summed E-state index contributed by atoms with van der Waals surface area (Å²) in [7, 11) is 0. The van der Waals surface area contributed by atoms with Crippen LogP contribution in [0.3, 0.4) is 0 Å². The normalized spacial score (nSPS) is 29.8. The van der Waals surface area contributed by atoms with Gasteiger partial charge < -0.3 is 14.9 Å². The van der Waals surface area contributed by atoms with Gasteiger partial charge in [0.05, 0.1) is 0 Å². The molecule has 2 aliphatic carbocycles. The first kappa shape index (κ1) is 10.3. The first-order valence-electron chi connectivity index (χ1n) is 5.62. The number of carbonyl (C=O) groups is 1. The molecule has 92 valence electrons. The van der Waals surface area contributed by atoms with Gasteiger partial charge in [0, 0.05) is 12.1 Å². The van der Waals surface area contributed by atoms with Crippen LogP contribution in [-0.2, 0) is 4.74 Å². The van der Waals surface area contributed by atoms with E-state index in [-0.39, 0.29) is 17.9 Å². The highest BCUT2D eigenvalue weighted by atomic mass is 16.8. The van der Waals surface area contributed by atoms with Gasteiger partial charge in [-0.25, -0.2) is 4.79 Å². The van der Waals surface area contributed by atoms with Crippen LogP contribution in [0.15, 0.2) is 12.1 Å². The summed E-state index contributed by atoms with van der Waals surface area (Å²) < 4.78 is 5.71. The molecule has 2 aliphatic rings. The molecule has 17 heavy (non-hydrogen) atoms. The molecule has 2 fully saturated rings. The molecule has 0 radical (unpaired) electrons. The van der Waals surface area contributed by atoms with Crippen LogP contribution in [0, 0.1) is 11.8 Å². The number of ether oxygens (including phenoxy) is 1. The molecule has 3 rings (SSSR count). The van der Waals surface area contributed by atoms with Gasteiger partial charge in [-0.1, -0.05) is 0 Å². The summed E-state index contributed by atoms with van der Waals surface area (Å²) in [5.41, 5.74) is 0. The second kappa shape index (κ2) is 3.58. The number of nitrogens with zero attached hydrogens (tertiary/aromatic N) is 1. The second-order valence-corrected chi connectivity index (χ2v) is 4.65. The van der Waals surface area contributed by atoms with E-state index in [9.17, 15) is 15.0 Å². The highest BCUT2D eigenvalue weighted by Gasteiger charge is 2.47. The lowest BCUT2D eigenvalue weighted by Gasteiger charge is -2.13. The van der Waals surface area contributed by atoms with Crippen LogP contribution in [0.2, 0.25) is 0 Å². The first-order chi connectivity index (χ1) is 8.13. The zero-order chi connectivity index (χ0) is 12.0. The molecular formula is C11H13NO5. The zero-order valence-electron chi connectivity index (χ0n) is 9.07. The lowest BCUT2D eigenvalue weighted by atomic mass is 10.2. The summed E-state index contributed by atoms with van der Waals surface area (Å²) in [6.45, 7) is 0. The molecule has 0 aliphatic heterocycles. The van der Waals surface area contributed by atoms with Gasteiger partial charge >= 0.3 is 6.16 Å². The summed E-state index contributed by atoms with van der Waals surface area (Å²) in [5.74, 6) is 0.713. The van der Waals surface area contributed by atoms with Crippen molar-refractivity contribution in [1.29, 1.82) is 0 Å². The molecule has 0 spiro atoms. The average molecular weight is 239 g/mol. The van der Waals surface area contributed by atoms with E-state index in [2.05, 4.69) is 4.84 Å². The molecule has 2 N–H and O–H groups in total. The van der Waals surface area contributed by atoms with Crippen LogP contribution in [-0.4, -0.2) is 27.2 Å². The number of hydrogen-bond acceptors (Lipinski definition) is 5. The van der Waals surface area contributed by atoms with Crippen molar-refractivity contribution in [3.8, 4) is 11.8 Å². The van der Waals surface area contributed by atoms with Crippen LogP contribution in [0.1, 0.15) is 19.3 Å². The van der Waals surface area contributed by atoms with E-state index < -0.39 is 6.16 Å². The van der Waals surface area contributed by atoms with Gasteiger partial charge in [0.2, 0.25) is 11.8 Å². The Kier molecular flexibility index (Phi) is 2.17. The first-order valence-corrected chi connectivity index (χ1v) is 5.62. The molecule has 0 aromatic carbocycles. The number of rotatable bonds is 2. The Hall–Kier alpha value is -1.85. The van der Waals surface area contributed by atoms with E-state index in [1.165, 1.54) is 18.6 Å². The van der Waals surface area contributed by atoms with Crippen molar-refractivity contribution in [2.45, 2.75) is 25.4 Å². The molecule has 1 heterocycles. The Bertz CT molecular complexity index is 425. The van der Waals surface area contributed by atoms with Crippen LogP contribution >= 0.6 is 0 Å². The van der Waals surface area contributed by atoms with Crippen molar-refractivity contribution in [3.63, 3.8) is 0 Å². The number of hydrogen-bond donors (Lipinski definition) is 2. The molecule has 0 amide bonds. The largest absolute Gasteiger partial charge is 0.534 e. The van der Waals surface area contributed by atoms with Crippen LogP contribution in [0.25, 0.3) is 0 Å². The fourth-order valence-electron chi connectivity index (χ4n) is 2.48. The Morgan fingerprint density at radius 1 is 1.18 bits per heavy atom. The summed E-state index contributed by atoms with van der Waals surface area (Å²) in [6, 6.07) is 2.43. The Morgan fingerprint density at radius 2 is 1.76 bits per heavy atom. The Morgan fingerprint density at radius 3 is 2.35 bits per heavy atom. The summed E-state index contributed by atoms with van der Waals surface area (Å²) >= 11 is 0. The van der Waals surface area contributed by atoms with Gasteiger partial charge in [-0.15, -0.1) is 4.73 Å². The van der Waals surface area contributed by atoms with E-state index in [1.54, 1.807) is 0 Å². The minimum absolute atomic E-state index is 0.0916. The van der Waals surface area contributed by atoms with Crippen molar-refractivity contribution in [2.75, 3.05) is 0 Å². The molecule has 0 bridgehead atoms. The summed E-state index contributed by atoms with van der Waals surface area (Å²) in [4.78, 5) is 16.1. The van der Waals surface area contributed by atoms with E-state index in [0.29, 0.717) is 16.6 Å². The molecule has 2 unspecified atom stereocenters. The maximum absolute atomic E-state index is 11.4. The van der Waals surface area contributed by atoms with Crippen LogP contribution in [0.5, 0.6) is 11.8 Å². The maximum Gasteiger partial charge on any atom is 0.534 e. The number of carbonyl (C=O) groups excluding carboxylic acids is 1. The van der Waals surface area contributed by atoms with Gasteiger partial charge in [0.25, 0.3) is 0 Å². The molecular weight excluding hydrogens is 226 g/mol. The molecule has 6 nitrogen and oxygen atoms in total. The van der Waals surface area contributed by atoms with E-state index in [0.717, 1.165) is 12.8 Å². The van der Waals surface area contributed by atoms with E-state index in [4.69, 9.17) is 4.74 Å². The van der Waals surface area contributed by atoms with E-state index >= 15 is 0 Å². The standard InChI is InChI=1S/C11H13NO5/c13-9-1-2-10(14)12(9)17-11(15)16-8-4-6-3-7(6)5-8/h1-2,6-8,13-14H,3-5H2. The molecule has 2 saturated carbocycles. The average Bonchev–Trinajstić information content (AvgIpc) is 2.78. The number of fused-ring (bicyclic) bond motifs is 1. The highest BCUT2D eigenvalue weighted by Crippen LogP contribution is 2.52. The molecule has 1 aromatic rings. The third kappa shape index (κ3) is 1.90. The van der Waals surface area contributed by atoms with Gasteiger partial charge in [-0.3, -0.25) is 4.84 Å². The minimum atomic E-state index is -0.905. The van der Waals surface area contributed by atoms with Crippen LogP contribution < -0.4 is 4.84 Å². The third-order valence-electron chi connectivity index (χ3n) is 3.43. The van der Waals surface area contributed by atoms with Gasteiger partial charge in [-0.05, 0) is 31.1 Å². The summed E-state index contributed by atoms with van der Waals surface area (Å²) in [5, 5.41) is 18.5. The number of aromatic nitrogens is 1. The fraction of sp³-hybridized carbons (Fsp3) is 0.545. The molecule has 6 heteroatoms. The Balaban J connectivity index is 1.56. The molecule has 0 saturated heterocycles. The van der Waals surface area contributed by atoms with Crippen molar-refractivity contribution in [1.82, 2.24) is 4.73 Å². The topological polar surface area (TPSA) is 80.9 Å². The van der Waals surface area contributed by atoms with Crippen molar-refractivity contribution in [3.05, 3.63) is 12.1 Å². The quantitative estimate of drug-likeness (QED) is 0.759. The monoisotopic (exact) mass is 239 g/mol. The molecule has 1 aromatic heterocycles. The maximum atomic E-state index is 11.4. The van der Waals surface area contributed by atoms with Crippen molar-refractivity contribution < 1.29 is 24.6 Å². The highest BCUT2D eigenvalue weighted by molar-refractivity contribution is 5.61.